The van der Waals surface area contributed by atoms with E-state index in [1.807, 2.05) is 74.5 Å². The summed E-state index contributed by atoms with van der Waals surface area (Å²) in [6, 6.07) is 19.1. The predicted octanol–water partition coefficient (Wildman–Crippen LogP) is 4.66. The Kier molecular flexibility index (Phi) is 16.8. The smallest absolute Gasteiger partial charge is 0.407 e. The summed E-state index contributed by atoms with van der Waals surface area (Å²) in [5.41, 5.74) is 6.52. The zero-order valence-electron chi connectivity index (χ0n) is 37.6. The first kappa shape index (κ1) is 48.5. The first-order valence-electron chi connectivity index (χ1n) is 21.7. The molecule has 4 aromatic rings. The maximum atomic E-state index is 13.8. The number of esters is 1. The van der Waals surface area contributed by atoms with Crippen molar-refractivity contribution in [2.24, 2.45) is 5.92 Å². The van der Waals surface area contributed by atoms with Gasteiger partial charge in [-0.25, -0.2) is 14.3 Å². The Balaban J connectivity index is 1.16. The lowest BCUT2D eigenvalue weighted by Crippen LogP contribution is -2.58. The molecule has 0 spiro atoms. The van der Waals surface area contributed by atoms with Gasteiger partial charge in [0, 0.05) is 18.7 Å². The molecule has 64 heavy (non-hydrogen) atoms. The monoisotopic (exact) mass is 879 g/mol. The number of alkyl carbamates (subject to hydrolysis) is 1. The molecule has 1 aromatic heterocycles. The molecule has 0 aliphatic heterocycles. The van der Waals surface area contributed by atoms with E-state index >= 15 is 0 Å². The molecule has 1 heterocycles. The van der Waals surface area contributed by atoms with E-state index in [-0.39, 0.29) is 48.8 Å². The van der Waals surface area contributed by atoms with Gasteiger partial charge in [-0.15, -0.1) is 0 Å². The van der Waals surface area contributed by atoms with Crippen molar-refractivity contribution in [3.63, 3.8) is 0 Å². The van der Waals surface area contributed by atoms with Crippen molar-refractivity contribution in [3.8, 4) is 16.8 Å². The van der Waals surface area contributed by atoms with Gasteiger partial charge in [0.05, 0.1) is 31.2 Å². The van der Waals surface area contributed by atoms with Crippen LogP contribution in [0.1, 0.15) is 100 Å². The molecule has 5 rings (SSSR count). The van der Waals surface area contributed by atoms with E-state index in [2.05, 4.69) is 64.6 Å². The zero-order chi connectivity index (χ0) is 46.6. The minimum absolute atomic E-state index is 0.0257. The average Bonchev–Trinajstić information content (AvgIpc) is 3.90. The number of ether oxygens (including phenoxy) is 2. The van der Waals surface area contributed by atoms with Crippen LogP contribution in [0.2, 0.25) is 0 Å². The molecule has 16 nitrogen and oxygen atoms in total. The van der Waals surface area contributed by atoms with Crippen molar-refractivity contribution < 1.29 is 43.3 Å². The molecule has 0 unspecified atom stereocenters. The highest BCUT2D eigenvalue weighted by molar-refractivity contribution is 5.98. The number of hydrogen-bond donors (Lipinski definition) is 6. The largest absolute Gasteiger partial charge is 0.467 e. The summed E-state index contributed by atoms with van der Waals surface area (Å²) in [5, 5.41) is 27.3. The fourth-order valence-electron chi connectivity index (χ4n) is 7.49. The number of hydrogen-bond acceptors (Lipinski definition) is 10. The van der Waals surface area contributed by atoms with Crippen LogP contribution < -0.4 is 26.6 Å². The van der Waals surface area contributed by atoms with Crippen LogP contribution in [0.25, 0.3) is 16.8 Å². The van der Waals surface area contributed by atoms with E-state index in [0.29, 0.717) is 12.8 Å². The van der Waals surface area contributed by atoms with Gasteiger partial charge in [-0.05, 0) is 83.9 Å². The number of aliphatic hydroxyl groups excluding tert-OH is 1. The Hall–Kier alpha value is -6.55. The maximum absolute atomic E-state index is 13.8. The van der Waals surface area contributed by atoms with Crippen LogP contribution in [-0.4, -0.2) is 102 Å². The molecule has 4 atom stereocenters. The number of carbonyl (C=O) groups excluding carboxylic acids is 6. The molecule has 342 valence electrons. The Morgan fingerprint density at radius 3 is 1.95 bits per heavy atom. The molecule has 0 radical (unpaired) electrons. The van der Waals surface area contributed by atoms with Crippen molar-refractivity contribution in [1.82, 2.24) is 36.4 Å². The maximum Gasteiger partial charge on any atom is 0.407 e. The second-order valence-electron chi connectivity index (χ2n) is 17.4. The first-order chi connectivity index (χ1) is 30.5. The molecule has 3 aromatic carbocycles. The Bertz CT molecular complexity index is 2220. The third-order valence-electron chi connectivity index (χ3n) is 11.1. The van der Waals surface area contributed by atoms with E-state index < -0.39 is 66.5 Å². The van der Waals surface area contributed by atoms with E-state index in [1.54, 1.807) is 10.9 Å². The number of amides is 5. The lowest BCUT2D eigenvalue weighted by molar-refractivity contribution is -0.146. The van der Waals surface area contributed by atoms with E-state index in [4.69, 9.17) is 9.47 Å². The lowest BCUT2D eigenvalue weighted by Gasteiger charge is -2.26. The van der Waals surface area contributed by atoms with Crippen LogP contribution in [0, 0.1) is 5.92 Å². The van der Waals surface area contributed by atoms with Crippen molar-refractivity contribution >= 4 is 35.7 Å². The van der Waals surface area contributed by atoms with Gasteiger partial charge >= 0.3 is 12.1 Å². The van der Waals surface area contributed by atoms with E-state index in [0.717, 1.165) is 40.6 Å². The number of fused-ring (bicyclic) bond motifs is 3. The van der Waals surface area contributed by atoms with Gasteiger partial charge in [0.2, 0.25) is 17.7 Å². The SMILES string of the molecule is COC(=O)[C@H](CO)NC(=O)[C@H](CCCCNC(=O)OCC1c2ccccc2-c2ccccc21)NC(=O)[C@H](CC(C)C)NC(=O)[C@H](C)NC(=O)c1cnn(-c2ccc(C(C)(C)C)cc2)c1. The first-order valence-corrected chi connectivity index (χ1v) is 21.7. The number of unbranched alkanes of at least 4 members (excludes halogenated alkanes) is 1. The summed E-state index contributed by atoms with van der Waals surface area (Å²) >= 11 is 0. The van der Waals surface area contributed by atoms with Gasteiger partial charge in [-0.3, -0.25) is 19.2 Å². The summed E-state index contributed by atoms with van der Waals surface area (Å²) < 4.78 is 11.9. The molecular weight excluding hydrogens is 819 g/mol. The molecule has 0 saturated carbocycles. The van der Waals surface area contributed by atoms with Crippen LogP contribution in [0.15, 0.2) is 85.2 Å². The average molecular weight is 880 g/mol. The number of methoxy groups -OCH3 is 1. The third kappa shape index (κ3) is 12.8. The topological polar surface area (TPSA) is 219 Å². The summed E-state index contributed by atoms with van der Waals surface area (Å²) in [4.78, 5) is 79.0. The molecule has 1 aliphatic rings. The number of benzene rings is 3. The van der Waals surface area contributed by atoms with Gasteiger partial charge in [0.15, 0.2) is 6.04 Å². The Morgan fingerprint density at radius 2 is 1.36 bits per heavy atom. The molecular formula is C48H61N7O9. The highest BCUT2D eigenvalue weighted by atomic mass is 16.5. The number of rotatable bonds is 20. The predicted molar refractivity (Wildman–Crippen MR) is 240 cm³/mol. The number of aromatic nitrogens is 2. The molecule has 16 heteroatoms. The number of aliphatic hydroxyl groups is 1. The Morgan fingerprint density at radius 1 is 0.766 bits per heavy atom. The third-order valence-corrected chi connectivity index (χ3v) is 11.1. The Labute approximate surface area is 374 Å². The van der Waals surface area contributed by atoms with Gasteiger partial charge in [-0.2, -0.15) is 5.10 Å². The fourth-order valence-corrected chi connectivity index (χ4v) is 7.49. The van der Waals surface area contributed by atoms with Crippen LogP contribution in [-0.2, 0) is 34.1 Å². The minimum Gasteiger partial charge on any atom is -0.467 e. The van der Waals surface area contributed by atoms with Crippen molar-refractivity contribution in [3.05, 3.63) is 107 Å². The van der Waals surface area contributed by atoms with Gasteiger partial charge in [-0.1, -0.05) is 95.3 Å². The van der Waals surface area contributed by atoms with Gasteiger partial charge < -0.3 is 41.2 Å². The number of carbonyl (C=O) groups is 6. The lowest BCUT2D eigenvalue weighted by atomic mass is 9.87. The van der Waals surface area contributed by atoms with Crippen LogP contribution in [0.4, 0.5) is 4.79 Å². The highest BCUT2D eigenvalue weighted by Gasteiger charge is 2.32. The molecule has 1 aliphatic carbocycles. The summed E-state index contributed by atoms with van der Waals surface area (Å²) in [6.07, 6.45) is 3.37. The van der Waals surface area contributed by atoms with Gasteiger partial charge in [0.25, 0.3) is 5.91 Å². The molecule has 0 saturated heterocycles. The molecule has 0 bridgehead atoms. The van der Waals surface area contributed by atoms with Crippen LogP contribution >= 0.6 is 0 Å². The summed E-state index contributed by atoms with van der Waals surface area (Å²) in [6.45, 7) is 11.2. The van der Waals surface area contributed by atoms with Crippen molar-refractivity contribution in [2.75, 3.05) is 26.9 Å². The van der Waals surface area contributed by atoms with Crippen molar-refractivity contribution in [2.45, 2.75) is 103 Å². The number of nitrogens with one attached hydrogen (secondary N) is 5. The van der Waals surface area contributed by atoms with Crippen LogP contribution in [0.5, 0.6) is 0 Å². The molecule has 5 amide bonds. The zero-order valence-corrected chi connectivity index (χ0v) is 37.6. The van der Waals surface area contributed by atoms with Crippen LogP contribution in [0.3, 0.4) is 0 Å². The van der Waals surface area contributed by atoms with E-state index in [9.17, 15) is 33.9 Å². The normalized spacial score (nSPS) is 14.0. The summed E-state index contributed by atoms with van der Waals surface area (Å²) in [5.74, 6) is -3.66. The second kappa shape index (κ2) is 22.2. The van der Waals surface area contributed by atoms with Crippen molar-refractivity contribution in [1.29, 1.82) is 0 Å². The fraction of sp³-hybridized carbons (Fsp3) is 0.438. The standard InChI is InChI=1S/C48H61N7O9/c1-29(2)24-40(53-42(57)30(3)51-43(58)31-25-50-55(26-31)33-21-19-32(20-22-33)48(4,5)6)45(60)52-39(44(59)54-41(27-56)46(61)63-7)18-12-13-23-49-47(62)64-28-38-36-16-10-8-14-34(36)35-15-9-11-17-37(35)38/h8-11,14-17,19-22,25-26,29-30,38-41,56H,12-13,18,23-24,27-28H2,1-7H3,(H,49,62)(H,51,58)(H,52,60)(H,53,57)(H,54,59)/t30-,39-,40-,41-/m0/s1. The molecule has 0 fully saturated rings. The minimum atomic E-state index is -1.39. The second-order valence-corrected chi connectivity index (χ2v) is 17.4. The molecule has 6 N–H and O–H groups in total. The number of nitrogens with zero attached hydrogens (tertiary/aromatic N) is 2. The highest BCUT2D eigenvalue weighted by Crippen LogP contribution is 2.44. The van der Waals surface area contributed by atoms with Gasteiger partial charge in [0.1, 0.15) is 24.7 Å². The van der Waals surface area contributed by atoms with E-state index in [1.165, 1.54) is 13.1 Å². The summed E-state index contributed by atoms with van der Waals surface area (Å²) in [7, 11) is 1.11. The quantitative estimate of drug-likeness (QED) is 0.0533.